The molecular formula is C17H23NO3. The summed E-state index contributed by atoms with van der Waals surface area (Å²) in [5.41, 5.74) is 1.09. The number of hydrogen-bond donors (Lipinski definition) is 1. The fourth-order valence-corrected chi connectivity index (χ4v) is 2.36. The van der Waals surface area contributed by atoms with E-state index in [1.54, 1.807) is 14.2 Å². The lowest BCUT2D eigenvalue weighted by Gasteiger charge is -2.18. The van der Waals surface area contributed by atoms with Crippen LogP contribution in [0.1, 0.15) is 37.0 Å². The molecule has 0 bridgehead atoms. The van der Waals surface area contributed by atoms with Gasteiger partial charge in [0.25, 0.3) is 0 Å². The summed E-state index contributed by atoms with van der Waals surface area (Å²) in [7, 11) is 3.28. The van der Waals surface area contributed by atoms with E-state index in [1.807, 2.05) is 30.3 Å². The lowest BCUT2D eigenvalue weighted by atomic mass is 10.0. The van der Waals surface area contributed by atoms with Crippen LogP contribution in [0.25, 0.3) is 0 Å². The first-order valence-electron chi connectivity index (χ1n) is 7.27. The molecular weight excluding hydrogens is 266 g/mol. The number of benzene rings is 1. The maximum atomic E-state index is 5.90. The summed E-state index contributed by atoms with van der Waals surface area (Å²) >= 11 is 0. The Morgan fingerprint density at radius 3 is 2.38 bits per heavy atom. The summed E-state index contributed by atoms with van der Waals surface area (Å²) in [6.07, 6.45) is 0.894. The Balaban J connectivity index is 2.37. The van der Waals surface area contributed by atoms with E-state index < -0.39 is 0 Å². The first-order valence-corrected chi connectivity index (χ1v) is 7.27. The van der Waals surface area contributed by atoms with Gasteiger partial charge in [0.15, 0.2) is 11.5 Å². The number of ether oxygens (including phenoxy) is 2. The van der Waals surface area contributed by atoms with Crippen LogP contribution in [-0.4, -0.2) is 20.8 Å². The van der Waals surface area contributed by atoms with Crippen molar-refractivity contribution >= 4 is 0 Å². The predicted octanol–water partition coefficient (Wildman–Crippen LogP) is 3.56. The predicted molar refractivity (Wildman–Crippen MR) is 83.2 cm³/mol. The van der Waals surface area contributed by atoms with Crippen molar-refractivity contribution in [1.82, 2.24) is 5.32 Å². The van der Waals surface area contributed by atoms with Gasteiger partial charge in [0.2, 0.25) is 0 Å². The fourth-order valence-electron chi connectivity index (χ4n) is 2.36. The zero-order valence-electron chi connectivity index (χ0n) is 13.1. The highest BCUT2D eigenvalue weighted by Gasteiger charge is 2.18. The molecule has 1 aromatic heterocycles. The lowest BCUT2D eigenvalue weighted by molar-refractivity contribution is 0.353. The summed E-state index contributed by atoms with van der Waals surface area (Å²) in [6.45, 7) is 5.01. The molecule has 0 saturated heterocycles. The van der Waals surface area contributed by atoms with Crippen LogP contribution in [0.15, 0.2) is 34.7 Å². The standard InChI is InChI=1S/C17H23NO3/c1-5-13-8-10-15(21-13)17(18-6-2)12-7-9-14(19-3)16(11-12)20-4/h7-11,17-18H,5-6H2,1-4H3. The van der Waals surface area contributed by atoms with E-state index in [4.69, 9.17) is 13.9 Å². The van der Waals surface area contributed by atoms with Crippen LogP contribution in [-0.2, 0) is 6.42 Å². The van der Waals surface area contributed by atoms with Crippen molar-refractivity contribution < 1.29 is 13.9 Å². The van der Waals surface area contributed by atoms with E-state index in [-0.39, 0.29) is 6.04 Å². The molecule has 0 amide bonds. The monoisotopic (exact) mass is 289 g/mol. The summed E-state index contributed by atoms with van der Waals surface area (Å²) in [5, 5.41) is 3.45. The van der Waals surface area contributed by atoms with Gasteiger partial charge in [-0.15, -0.1) is 0 Å². The number of furan rings is 1. The molecule has 114 valence electrons. The average molecular weight is 289 g/mol. The van der Waals surface area contributed by atoms with Crippen LogP contribution in [0, 0.1) is 0 Å². The second kappa shape index (κ2) is 7.18. The van der Waals surface area contributed by atoms with Gasteiger partial charge in [0.1, 0.15) is 11.5 Å². The van der Waals surface area contributed by atoms with E-state index in [0.29, 0.717) is 0 Å². The quantitative estimate of drug-likeness (QED) is 0.846. The first-order chi connectivity index (χ1) is 10.2. The van der Waals surface area contributed by atoms with Crippen LogP contribution in [0.3, 0.4) is 0 Å². The Bertz CT molecular complexity index is 577. The Morgan fingerprint density at radius 1 is 1.05 bits per heavy atom. The molecule has 0 fully saturated rings. The highest BCUT2D eigenvalue weighted by atomic mass is 16.5. The molecule has 1 unspecified atom stereocenters. The lowest BCUT2D eigenvalue weighted by Crippen LogP contribution is -2.21. The van der Waals surface area contributed by atoms with E-state index in [1.165, 1.54) is 0 Å². The highest BCUT2D eigenvalue weighted by molar-refractivity contribution is 5.45. The van der Waals surface area contributed by atoms with Gasteiger partial charge in [-0.2, -0.15) is 0 Å². The summed E-state index contributed by atoms with van der Waals surface area (Å²) in [6, 6.07) is 10.0. The number of aryl methyl sites for hydroxylation is 1. The summed E-state index contributed by atoms with van der Waals surface area (Å²) < 4.78 is 16.6. The number of nitrogens with one attached hydrogen (secondary N) is 1. The summed E-state index contributed by atoms with van der Waals surface area (Å²) in [5.74, 6) is 3.36. The Labute approximate surface area is 126 Å². The van der Waals surface area contributed by atoms with Crippen molar-refractivity contribution in [1.29, 1.82) is 0 Å². The van der Waals surface area contributed by atoms with Crippen molar-refractivity contribution in [3.8, 4) is 11.5 Å². The molecule has 2 rings (SSSR count). The molecule has 0 aliphatic carbocycles. The van der Waals surface area contributed by atoms with Crippen LogP contribution in [0.4, 0.5) is 0 Å². The van der Waals surface area contributed by atoms with E-state index >= 15 is 0 Å². The minimum absolute atomic E-state index is 0.00936. The largest absolute Gasteiger partial charge is 0.493 e. The van der Waals surface area contributed by atoms with Gasteiger partial charge < -0.3 is 19.2 Å². The molecule has 1 atom stereocenters. The fraction of sp³-hybridized carbons (Fsp3) is 0.412. The van der Waals surface area contributed by atoms with E-state index in [2.05, 4.69) is 19.2 Å². The second-order valence-corrected chi connectivity index (χ2v) is 4.76. The van der Waals surface area contributed by atoms with Crippen LogP contribution in [0.2, 0.25) is 0 Å². The maximum Gasteiger partial charge on any atom is 0.161 e. The van der Waals surface area contributed by atoms with Gasteiger partial charge >= 0.3 is 0 Å². The molecule has 1 heterocycles. The zero-order chi connectivity index (χ0) is 15.2. The van der Waals surface area contributed by atoms with E-state index in [0.717, 1.165) is 41.5 Å². The van der Waals surface area contributed by atoms with Crippen LogP contribution in [0.5, 0.6) is 11.5 Å². The molecule has 4 nitrogen and oxygen atoms in total. The molecule has 0 aliphatic heterocycles. The minimum atomic E-state index is 0.00936. The highest BCUT2D eigenvalue weighted by Crippen LogP contribution is 2.32. The van der Waals surface area contributed by atoms with Gasteiger partial charge in [-0.1, -0.05) is 19.9 Å². The van der Waals surface area contributed by atoms with E-state index in [9.17, 15) is 0 Å². The minimum Gasteiger partial charge on any atom is -0.493 e. The molecule has 2 aromatic rings. The molecule has 1 aromatic carbocycles. The maximum absolute atomic E-state index is 5.90. The SMILES string of the molecule is CCNC(c1ccc(OC)c(OC)c1)c1ccc(CC)o1. The Kier molecular flexibility index (Phi) is 5.28. The summed E-state index contributed by atoms with van der Waals surface area (Å²) in [4.78, 5) is 0. The smallest absolute Gasteiger partial charge is 0.161 e. The molecule has 0 aliphatic rings. The van der Waals surface area contributed by atoms with Crippen LogP contribution < -0.4 is 14.8 Å². The molecule has 0 radical (unpaired) electrons. The number of methoxy groups -OCH3 is 2. The molecule has 0 spiro atoms. The van der Waals surface area contributed by atoms with Crippen molar-refractivity contribution in [2.24, 2.45) is 0 Å². The third-order valence-corrected chi connectivity index (χ3v) is 3.46. The second-order valence-electron chi connectivity index (χ2n) is 4.76. The van der Waals surface area contributed by atoms with Gasteiger partial charge in [-0.05, 0) is 36.4 Å². The van der Waals surface area contributed by atoms with Gasteiger partial charge in [-0.3, -0.25) is 0 Å². The zero-order valence-corrected chi connectivity index (χ0v) is 13.1. The van der Waals surface area contributed by atoms with Gasteiger partial charge in [0, 0.05) is 6.42 Å². The third-order valence-electron chi connectivity index (χ3n) is 3.46. The molecule has 21 heavy (non-hydrogen) atoms. The normalized spacial score (nSPS) is 12.2. The van der Waals surface area contributed by atoms with Crippen molar-refractivity contribution in [3.63, 3.8) is 0 Å². The first kappa shape index (κ1) is 15.4. The van der Waals surface area contributed by atoms with Crippen LogP contribution >= 0.6 is 0 Å². The van der Waals surface area contributed by atoms with Crippen molar-refractivity contribution in [2.45, 2.75) is 26.3 Å². The third kappa shape index (κ3) is 3.39. The van der Waals surface area contributed by atoms with Crippen molar-refractivity contribution in [2.75, 3.05) is 20.8 Å². The molecule has 4 heteroatoms. The number of rotatable bonds is 7. The Hall–Kier alpha value is -1.94. The van der Waals surface area contributed by atoms with Gasteiger partial charge in [0.05, 0.1) is 20.3 Å². The number of hydrogen-bond acceptors (Lipinski definition) is 4. The average Bonchev–Trinajstić information content (AvgIpc) is 3.00. The Morgan fingerprint density at radius 2 is 1.81 bits per heavy atom. The van der Waals surface area contributed by atoms with Crippen molar-refractivity contribution in [3.05, 3.63) is 47.4 Å². The molecule has 0 saturated carbocycles. The molecule has 1 N–H and O–H groups in total. The van der Waals surface area contributed by atoms with Gasteiger partial charge in [-0.25, -0.2) is 0 Å². The topological polar surface area (TPSA) is 43.6 Å².